The van der Waals surface area contributed by atoms with Crippen LogP contribution in [0.3, 0.4) is 0 Å². The molecule has 0 N–H and O–H groups in total. The van der Waals surface area contributed by atoms with E-state index in [0.29, 0.717) is 6.71 Å². The molecule has 29 heavy (non-hydrogen) atoms. The molecule has 0 amide bonds. The Labute approximate surface area is 178 Å². The van der Waals surface area contributed by atoms with Crippen molar-refractivity contribution in [3.63, 3.8) is 0 Å². The Balaban J connectivity index is 0.000000461. The zero-order valence-electron chi connectivity index (χ0n) is 19.3. The maximum atomic E-state index is 2.33. The predicted molar refractivity (Wildman–Crippen MR) is 134 cm³/mol. The first-order valence-corrected chi connectivity index (χ1v) is 11.1. The second-order valence-electron chi connectivity index (χ2n) is 6.38. The van der Waals surface area contributed by atoms with Crippen molar-refractivity contribution in [3.05, 3.63) is 66.7 Å². The Morgan fingerprint density at radius 1 is 0.483 bits per heavy atom. The molecule has 0 unspecified atom stereocenters. The molecule has 0 atom stereocenters. The molecule has 3 aromatic rings. The molecule has 2 nitrogen and oxygen atoms in total. The molecule has 0 aromatic heterocycles. The van der Waals surface area contributed by atoms with Gasteiger partial charge in [0.25, 0.3) is 6.71 Å². The molecule has 0 spiro atoms. The van der Waals surface area contributed by atoms with E-state index in [1.54, 1.807) is 0 Å². The molecule has 152 valence electrons. The van der Waals surface area contributed by atoms with Crippen molar-refractivity contribution in [2.45, 2.75) is 41.5 Å². The van der Waals surface area contributed by atoms with E-state index >= 15 is 0 Å². The highest BCUT2D eigenvalue weighted by atomic mass is 15.1. The lowest BCUT2D eigenvalue weighted by Crippen LogP contribution is -2.61. The summed E-state index contributed by atoms with van der Waals surface area (Å²) in [6.45, 7) is 12.3. The van der Waals surface area contributed by atoms with Crippen LogP contribution in [0.25, 0.3) is 0 Å². The van der Waals surface area contributed by atoms with Gasteiger partial charge in [-0.25, -0.2) is 0 Å². The largest absolute Gasteiger partial charge is 0.345 e. The molecule has 2 aliphatic heterocycles. The first kappa shape index (κ1) is 22.6. The lowest BCUT2D eigenvalue weighted by molar-refractivity contribution is 1.18. The van der Waals surface area contributed by atoms with Gasteiger partial charge in [-0.2, -0.15) is 0 Å². The molecule has 0 aliphatic carbocycles. The Kier molecular flexibility index (Phi) is 7.95. The van der Waals surface area contributed by atoms with Crippen molar-refractivity contribution in [3.8, 4) is 0 Å². The van der Waals surface area contributed by atoms with E-state index < -0.39 is 0 Å². The van der Waals surface area contributed by atoms with Gasteiger partial charge >= 0.3 is 0 Å². The SMILES string of the molecule is CC.CC.CC.CN1c2ccccc2B2c3ccccc3N(C)c3cccc1c32. The van der Waals surface area contributed by atoms with Crippen LogP contribution in [0.15, 0.2) is 66.7 Å². The summed E-state index contributed by atoms with van der Waals surface area (Å²) in [6, 6.07) is 24.2. The third kappa shape index (κ3) is 3.66. The van der Waals surface area contributed by atoms with E-state index in [4.69, 9.17) is 0 Å². The van der Waals surface area contributed by atoms with Crippen molar-refractivity contribution >= 4 is 45.9 Å². The predicted octanol–water partition coefficient (Wildman–Crippen LogP) is 5.44. The second kappa shape index (κ2) is 10.2. The molecular weight excluding hydrogens is 351 g/mol. The lowest BCUT2D eigenvalue weighted by Gasteiger charge is -2.41. The maximum absolute atomic E-state index is 2.33. The summed E-state index contributed by atoms with van der Waals surface area (Å²) < 4.78 is 0. The number of hydrogen-bond donors (Lipinski definition) is 0. The van der Waals surface area contributed by atoms with Gasteiger partial charge in [-0.15, -0.1) is 0 Å². The average molecular weight is 386 g/mol. The summed E-state index contributed by atoms with van der Waals surface area (Å²) in [6.07, 6.45) is 0. The molecule has 2 aliphatic rings. The van der Waals surface area contributed by atoms with Gasteiger partial charge in [0, 0.05) is 36.8 Å². The molecule has 3 heteroatoms. The highest BCUT2D eigenvalue weighted by Gasteiger charge is 2.40. The Morgan fingerprint density at radius 2 is 0.828 bits per heavy atom. The number of fused-ring (bicyclic) bond motifs is 4. The Hall–Kier alpha value is -2.68. The molecule has 0 saturated heterocycles. The molecular formula is C26H35BN2. The van der Waals surface area contributed by atoms with Crippen molar-refractivity contribution < 1.29 is 0 Å². The summed E-state index contributed by atoms with van der Waals surface area (Å²) in [5.74, 6) is 0. The summed E-state index contributed by atoms with van der Waals surface area (Å²) >= 11 is 0. The van der Waals surface area contributed by atoms with Crippen LogP contribution in [-0.4, -0.2) is 20.8 Å². The van der Waals surface area contributed by atoms with E-state index in [9.17, 15) is 0 Å². The summed E-state index contributed by atoms with van der Waals surface area (Å²) in [5, 5.41) is 0. The van der Waals surface area contributed by atoms with Gasteiger partial charge in [0.05, 0.1) is 0 Å². The summed E-state index contributed by atoms with van der Waals surface area (Å²) in [4.78, 5) is 4.65. The van der Waals surface area contributed by atoms with Crippen LogP contribution in [0, 0.1) is 0 Å². The van der Waals surface area contributed by atoms with Crippen molar-refractivity contribution in [2.75, 3.05) is 23.9 Å². The van der Waals surface area contributed by atoms with Gasteiger partial charge in [0.1, 0.15) is 0 Å². The van der Waals surface area contributed by atoms with Gasteiger partial charge in [0.2, 0.25) is 0 Å². The van der Waals surface area contributed by atoms with Crippen LogP contribution in [0.1, 0.15) is 41.5 Å². The van der Waals surface area contributed by atoms with Crippen LogP contribution < -0.4 is 26.2 Å². The molecule has 3 aromatic carbocycles. The number of rotatable bonds is 0. The fourth-order valence-electron chi connectivity index (χ4n) is 4.23. The van der Waals surface area contributed by atoms with Crippen molar-refractivity contribution in [1.82, 2.24) is 0 Å². The first-order chi connectivity index (χ1) is 14.3. The zero-order chi connectivity index (χ0) is 21.6. The summed E-state index contributed by atoms with van der Waals surface area (Å²) in [5.41, 5.74) is 9.46. The Bertz CT molecular complexity index is 864. The van der Waals surface area contributed by atoms with E-state index in [2.05, 4.69) is 90.6 Å². The van der Waals surface area contributed by atoms with Crippen LogP contribution >= 0.6 is 0 Å². The van der Waals surface area contributed by atoms with Crippen molar-refractivity contribution in [2.24, 2.45) is 0 Å². The number of hydrogen-bond acceptors (Lipinski definition) is 2. The van der Waals surface area contributed by atoms with Crippen molar-refractivity contribution in [1.29, 1.82) is 0 Å². The van der Waals surface area contributed by atoms with E-state index in [1.165, 1.54) is 39.1 Å². The minimum atomic E-state index is 0.320. The van der Waals surface area contributed by atoms with Crippen LogP contribution in [0.4, 0.5) is 22.7 Å². The fourth-order valence-corrected chi connectivity index (χ4v) is 4.23. The summed E-state index contributed by atoms with van der Waals surface area (Å²) in [7, 11) is 4.34. The quantitative estimate of drug-likeness (QED) is 0.475. The van der Waals surface area contributed by atoms with Gasteiger partial charge in [-0.1, -0.05) is 84.0 Å². The van der Waals surface area contributed by atoms with Gasteiger partial charge < -0.3 is 9.80 Å². The third-order valence-corrected chi connectivity index (χ3v) is 5.29. The topological polar surface area (TPSA) is 6.48 Å². The standard InChI is InChI=1S/C20H17BN2.3C2H6/c1-22-16-10-5-3-8-14(16)21-15-9-4-6-11-17(15)23(2)19-13-7-12-18(22)20(19)21;3*1-2/h3-13H,1-2H3;3*1-2H3. The molecule has 2 heterocycles. The number of para-hydroxylation sites is 2. The monoisotopic (exact) mass is 386 g/mol. The van der Waals surface area contributed by atoms with Gasteiger partial charge in [-0.05, 0) is 40.7 Å². The fraction of sp³-hybridized carbons (Fsp3) is 0.308. The number of nitrogens with zero attached hydrogens (tertiary/aromatic N) is 2. The molecule has 0 saturated carbocycles. The van der Waals surface area contributed by atoms with E-state index in [-0.39, 0.29) is 0 Å². The molecule has 0 fully saturated rings. The normalized spacial score (nSPS) is 11.9. The minimum absolute atomic E-state index is 0.320. The van der Waals surface area contributed by atoms with Gasteiger partial charge in [-0.3, -0.25) is 0 Å². The number of anilines is 4. The lowest BCUT2D eigenvalue weighted by atomic mass is 9.33. The molecule has 0 radical (unpaired) electrons. The minimum Gasteiger partial charge on any atom is -0.345 e. The first-order valence-electron chi connectivity index (χ1n) is 11.1. The van der Waals surface area contributed by atoms with Crippen LogP contribution in [0.5, 0.6) is 0 Å². The maximum Gasteiger partial charge on any atom is 0.252 e. The van der Waals surface area contributed by atoms with E-state index in [1.807, 2.05) is 41.5 Å². The zero-order valence-corrected chi connectivity index (χ0v) is 19.3. The highest BCUT2D eigenvalue weighted by molar-refractivity contribution is 7.00. The molecule has 5 rings (SSSR count). The van der Waals surface area contributed by atoms with E-state index in [0.717, 1.165) is 0 Å². The smallest absolute Gasteiger partial charge is 0.252 e. The number of benzene rings is 3. The Morgan fingerprint density at radius 3 is 1.24 bits per heavy atom. The van der Waals surface area contributed by atoms with Crippen LogP contribution in [0.2, 0.25) is 0 Å². The second-order valence-corrected chi connectivity index (χ2v) is 6.38. The highest BCUT2D eigenvalue weighted by Crippen LogP contribution is 2.35. The van der Waals surface area contributed by atoms with Gasteiger partial charge in [0.15, 0.2) is 0 Å². The van der Waals surface area contributed by atoms with Crippen LogP contribution in [-0.2, 0) is 0 Å². The third-order valence-electron chi connectivity index (χ3n) is 5.29. The molecule has 0 bridgehead atoms. The average Bonchev–Trinajstić information content (AvgIpc) is 2.82.